The Hall–Kier alpha value is -1.46. The van der Waals surface area contributed by atoms with Crippen molar-refractivity contribution in [2.75, 3.05) is 11.4 Å². The highest BCUT2D eigenvalue weighted by molar-refractivity contribution is 7.10. The molecule has 0 atom stereocenters. The Kier molecular flexibility index (Phi) is 2.78. The van der Waals surface area contributed by atoms with E-state index in [2.05, 4.69) is 26.3 Å². The van der Waals surface area contributed by atoms with Gasteiger partial charge in [-0.05, 0) is 23.4 Å². The Bertz CT molecular complexity index is 509. The summed E-state index contributed by atoms with van der Waals surface area (Å²) in [5.41, 5.74) is 2.14. The quantitative estimate of drug-likeness (QED) is 0.875. The van der Waals surface area contributed by atoms with Crippen LogP contribution >= 0.6 is 11.3 Å². The Morgan fingerprint density at radius 3 is 2.94 bits per heavy atom. The maximum absolute atomic E-state index is 8.95. The van der Waals surface area contributed by atoms with Gasteiger partial charge in [0.2, 0.25) is 5.95 Å². The zero-order chi connectivity index (χ0) is 11.7. The van der Waals surface area contributed by atoms with Gasteiger partial charge < -0.3 is 10.0 Å². The number of aliphatic hydroxyl groups excluding tert-OH is 1. The van der Waals surface area contributed by atoms with Gasteiger partial charge in [-0.1, -0.05) is 0 Å². The number of anilines is 1. The van der Waals surface area contributed by atoms with Crippen LogP contribution in [0.25, 0.3) is 0 Å². The van der Waals surface area contributed by atoms with Crippen molar-refractivity contribution in [3.63, 3.8) is 0 Å². The molecule has 0 bridgehead atoms. The molecule has 5 heteroatoms. The zero-order valence-electron chi connectivity index (χ0n) is 9.33. The van der Waals surface area contributed by atoms with Gasteiger partial charge in [-0.15, -0.1) is 11.3 Å². The van der Waals surface area contributed by atoms with E-state index in [-0.39, 0.29) is 6.61 Å². The first-order valence-corrected chi connectivity index (χ1v) is 6.47. The summed E-state index contributed by atoms with van der Waals surface area (Å²) in [4.78, 5) is 12.2. The minimum Gasteiger partial charge on any atom is -0.392 e. The van der Waals surface area contributed by atoms with Crippen LogP contribution in [0.1, 0.15) is 16.0 Å². The summed E-state index contributed by atoms with van der Waals surface area (Å²) < 4.78 is 0. The molecule has 1 aliphatic heterocycles. The van der Waals surface area contributed by atoms with Crippen molar-refractivity contribution < 1.29 is 5.11 Å². The second kappa shape index (κ2) is 4.43. The lowest BCUT2D eigenvalue weighted by atomic mass is 10.1. The number of hydrogen-bond acceptors (Lipinski definition) is 5. The summed E-state index contributed by atoms with van der Waals surface area (Å²) >= 11 is 1.83. The summed E-state index contributed by atoms with van der Waals surface area (Å²) in [7, 11) is 0. The van der Waals surface area contributed by atoms with Crippen molar-refractivity contribution in [2.24, 2.45) is 0 Å². The van der Waals surface area contributed by atoms with Gasteiger partial charge in [-0.25, -0.2) is 9.97 Å². The number of fused-ring (bicyclic) bond motifs is 1. The third-order valence-corrected chi connectivity index (χ3v) is 3.99. The van der Waals surface area contributed by atoms with Gasteiger partial charge in [0.05, 0.1) is 6.61 Å². The molecule has 2 aromatic rings. The third-order valence-electron chi connectivity index (χ3n) is 2.96. The summed E-state index contributed by atoms with van der Waals surface area (Å²) in [6, 6.07) is 2.17. The van der Waals surface area contributed by atoms with Crippen molar-refractivity contribution in [2.45, 2.75) is 19.6 Å². The van der Waals surface area contributed by atoms with Gasteiger partial charge in [-0.2, -0.15) is 0 Å². The summed E-state index contributed by atoms with van der Waals surface area (Å²) in [5.74, 6) is 0.749. The van der Waals surface area contributed by atoms with Gasteiger partial charge in [0.1, 0.15) is 0 Å². The topological polar surface area (TPSA) is 49.3 Å². The standard InChI is InChI=1S/C12H13N3OS/c16-8-9-5-13-12(14-6-9)15-3-1-11-10(7-15)2-4-17-11/h2,4-6,16H,1,3,7-8H2. The zero-order valence-corrected chi connectivity index (χ0v) is 10.2. The molecule has 2 aromatic heterocycles. The first kappa shape index (κ1) is 10.7. The van der Waals surface area contributed by atoms with E-state index >= 15 is 0 Å². The number of hydrogen-bond donors (Lipinski definition) is 1. The smallest absolute Gasteiger partial charge is 0.225 e. The van der Waals surface area contributed by atoms with E-state index in [0.717, 1.165) is 31.0 Å². The van der Waals surface area contributed by atoms with Crippen LogP contribution < -0.4 is 4.90 Å². The average molecular weight is 247 g/mol. The van der Waals surface area contributed by atoms with Gasteiger partial charge in [-0.3, -0.25) is 0 Å². The molecule has 0 amide bonds. The third kappa shape index (κ3) is 2.03. The Labute approximate surface area is 104 Å². The Morgan fingerprint density at radius 1 is 1.35 bits per heavy atom. The van der Waals surface area contributed by atoms with Crippen molar-refractivity contribution in [1.82, 2.24) is 9.97 Å². The van der Waals surface area contributed by atoms with Gasteiger partial charge >= 0.3 is 0 Å². The van der Waals surface area contributed by atoms with E-state index in [1.807, 2.05) is 11.3 Å². The second-order valence-electron chi connectivity index (χ2n) is 4.09. The lowest BCUT2D eigenvalue weighted by molar-refractivity contribution is 0.281. The molecule has 0 unspecified atom stereocenters. The molecule has 3 rings (SSSR count). The van der Waals surface area contributed by atoms with E-state index < -0.39 is 0 Å². The van der Waals surface area contributed by atoms with E-state index in [4.69, 9.17) is 5.11 Å². The molecule has 1 N–H and O–H groups in total. The number of thiophene rings is 1. The molecule has 0 spiro atoms. The largest absolute Gasteiger partial charge is 0.392 e. The monoisotopic (exact) mass is 247 g/mol. The molecular formula is C12H13N3OS. The Balaban J connectivity index is 1.81. The lowest BCUT2D eigenvalue weighted by Crippen LogP contribution is -2.30. The molecule has 88 valence electrons. The van der Waals surface area contributed by atoms with E-state index in [1.165, 1.54) is 10.4 Å². The SMILES string of the molecule is OCc1cnc(N2CCc3sccc3C2)nc1. The summed E-state index contributed by atoms with van der Waals surface area (Å²) in [5, 5.41) is 11.1. The van der Waals surface area contributed by atoms with Crippen molar-refractivity contribution >= 4 is 17.3 Å². The van der Waals surface area contributed by atoms with Crippen molar-refractivity contribution in [1.29, 1.82) is 0 Å². The fourth-order valence-corrected chi connectivity index (χ4v) is 2.90. The molecule has 3 heterocycles. The molecule has 0 radical (unpaired) electrons. The molecule has 0 fully saturated rings. The predicted octanol–water partition coefficient (Wildman–Crippen LogP) is 1.59. The summed E-state index contributed by atoms with van der Waals surface area (Å²) in [6.07, 6.45) is 4.44. The van der Waals surface area contributed by atoms with Crippen LogP contribution in [0.2, 0.25) is 0 Å². The highest BCUT2D eigenvalue weighted by Crippen LogP contribution is 2.25. The normalized spacial score (nSPS) is 14.8. The van der Waals surface area contributed by atoms with E-state index in [1.54, 1.807) is 12.4 Å². The van der Waals surface area contributed by atoms with Crippen LogP contribution in [0.5, 0.6) is 0 Å². The fraction of sp³-hybridized carbons (Fsp3) is 0.333. The molecule has 4 nitrogen and oxygen atoms in total. The van der Waals surface area contributed by atoms with E-state index in [0.29, 0.717) is 0 Å². The number of aromatic nitrogens is 2. The maximum atomic E-state index is 8.95. The molecule has 0 aromatic carbocycles. The molecule has 0 saturated heterocycles. The first-order valence-electron chi connectivity index (χ1n) is 5.59. The number of rotatable bonds is 2. The molecule has 0 aliphatic carbocycles. The molecule has 0 saturated carbocycles. The average Bonchev–Trinajstić information content (AvgIpc) is 2.86. The lowest BCUT2D eigenvalue weighted by Gasteiger charge is -2.26. The van der Waals surface area contributed by atoms with Crippen LogP contribution in [0.4, 0.5) is 5.95 Å². The van der Waals surface area contributed by atoms with Crippen LogP contribution in [0.15, 0.2) is 23.8 Å². The predicted molar refractivity (Wildman–Crippen MR) is 67.0 cm³/mol. The highest BCUT2D eigenvalue weighted by Gasteiger charge is 2.18. The van der Waals surface area contributed by atoms with Crippen LogP contribution in [-0.2, 0) is 19.6 Å². The minimum atomic E-state index is -0.00500. The summed E-state index contributed by atoms with van der Waals surface area (Å²) in [6.45, 7) is 1.85. The van der Waals surface area contributed by atoms with Crippen LogP contribution in [-0.4, -0.2) is 21.6 Å². The second-order valence-corrected chi connectivity index (χ2v) is 5.09. The first-order chi connectivity index (χ1) is 8.36. The van der Waals surface area contributed by atoms with Crippen LogP contribution in [0.3, 0.4) is 0 Å². The molecular weight excluding hydrogens is 234 g/mol. The van der Waals surface area contributed by atoms with Crippen molar-refractivity contribution in [3.8, 4) is 0 Å². The number of aliphatic hydroxyl groups is 1. The molecule has 17 heavy (non-hydrogen) atoms. The van der Waals surface area contributed by atoms with Gasteiger partial charge in [0.15, 0.2) is 0 Å². The maximum Gasteiger partial charge on any atom is 0.225 e. The molecule has 1 aliphatic rings. The minimum absolute atomic E-state index is 0.00500. The Morgan fingerprint density at radius 2 is 2.18 bits per heavy atom. The number of nitrogens with zero attached hydrogens (tertiary/aromatic N) is 3. The van der Waals surface area contributed by atoms with Gasteiger partial charge in [0, 0.05) is 35.9 Å². The van der Waals surface area contributed by atoms with Crippen LogP contribution in [0, 0.1) is 0 Å². The van der Waals surface area contributed by atoms with E-state index in [9.17, 15) is 0 Å². The van der Waals surface area contributed by atoms with Crippen molar-refractivity contribution in [3.05, 3.63) is 39.8 Å². The highest BCUT2D eigenvalue weighted by atomic mass is 32.1. The van der Waals surface area contributed by atoms with Gasteiger partial charge in [0.25, 0.3) is 0 Å². The fourth-order valence-electron chi connectivity index (χ4n) is 2.01.